The lowest BCUT2D eigenvalue weighted by Crippen LogP contribution is -2.22. The normalized spacial score (nSPS) is 17.1. The van der Waals surface area contributed by atoms with E-state index in [1.807, 2.05) is 0 Å². The zero-order chi connectivity index (χ0) is 10.9. The summed E-state index contributed by atoms with van der Waals surface area (Å²) in [6.45, 7) is 0.201. The van der Waals surface area contributed by atoms with E-state index in [1.165, 1.54) is 12.1 Å². The molecule has 1 saturated carbocycles. The summed E-state index contributed by atoms with van der Waals surface area (Å²) in [5.74, 6) is -0.0386. The van der Waals surface area contributed by atoms with E-state index < -0.39 is 11.4 Å². The van der Waals surface area contributed by atoms with Gasteiger partial charge in [-0.1, -0.05) is 0 Å². The molecular weight excluding hydrogens is 196 g/mol. The fourth-order valence-electron chi connectivity index (χ4n) is 1.33. The van der Waals surface area contributed by atoms with E-state index in [0.717, 1.165) is 0 Å². The van der Waals surface area contributed by atoms with Gasteiger partial charge in [-0.3, -0.25) is 4.79 Å². The molecule has 0 spiro atoms. The van der Waals surface area contributed by atoms with Gasteiger partial charge in [-0.2, -0.15) is 0 Å². The van der Waals surface area contributed by atoms with Crippen LogP contribution in [0.15, 0.2) is 24.3 Å². The lowest BCUT2D eigenvalue weighted by atomic mass is 10.1. The summed E-state index contributed by atoms with van der Waals surface area (Å²) in [5.41, 5.74) is -0.669. The Bertz CT molecular complexity index is 365. The van der Waals surface area contributed by atoms with Gasteiger partial charge in [0, 0.05) is 0 Å². The van der Waals surface area contributed by atoms with Crippen LogP contribution in [0.25, 0.3) is 0 Å². The maximum absolute atomic E-state index is 10.8. The first kappa shape index (κ1) is 9.83. The van der Waals surface area contributed by atoms with Crippen molar-refractivity contribution in [3.63, 3.8) is 0 Å². The Balaban J connectivity index is 1.94. The number of carbonyl (C=O) groups is 1. The molecule has 1 aliphatic carbocycles. The van der Waals surface area contributed by atoms with Crippen molar-refractivity contribution in [1.82, 2.24) is 0 Å². The number of aromatic hydroxyl groups is 1. The first-order valence-electron chi connectivity index (χ1n) is 4.78. The lowest BCUT2D eigenvalue weighted by molar-refractivity contribution is -0.144. The van der Waals surface area contributed by atoms with Gasteiger partial charge in [0.15, 0.2) is 0 Å². The van der Waals surface area contributed by atoms with Gasteiger partial charge in [0.25, 0.3) is 0 Å². The van der Waals surface area contributed by atoms with Gasteiger partial charge in [0.2, 0.25) is 0 Å². The van der Waals surface area contributed by atoms with Gasteiger partial charge in [-0.15, -0.1) is 0 Å². The third-order valence-corrected chi connectivity index (χ3v) is 2.66. The van der Waals surface area contributed by atoms with Crippen molar-refractivity contribution in [2.75, 3.05) is 6.61 Å². The van der Waals surface area contributed by atoms with Crippen LogP contribution >= 0.6 is 0 Å². The van der Waals surface area contributed by atoms with Crippen LogP contribution < -0.4 is 4.74 Å². The van der Waals surface area contributed by atoms with E-state index in [4.69, 9.17) is 14.9 Å². The Labute approximate surface area is 87.1 Å². The summed E-state index contributed by atoms with van der Waals surface area (Å²) in [4.78, 5) is 10.8. The maximum atomic E-state index is 10.8. The summed E-state index contributed by atoms with van der Waals surface area (Å²) in [5, 5.41) is 17.9. The Morgan fingerprint density at radius 1 is 1.33 bits per heavy atom. The second-order valence-electron chi connectivity index (χ2n) is 3.87. The minimum atomic E-state index is -0.790. The van der Waals surface area contributed by atoms with E-state index in [9.17, 15) is 4.79 Å². The third kappa shape index (κ3) is 2.03. The predicted molar refractivity (Wildman–Crippen MR) is 52.9 cm³/mol. The molecule has 0 atom stereocenters. The molecule has 15 heavy (non-hydrogen) atoms. The molecule has 0 heterocycles. The first-order valence-corrected chi connectivity index (χ1v) is 4.78. The minimum absolute atomic E-state index is 0.168. The molecule has 2 rings (SSSR count). The number of carboxylic acid groups (broad SMARTS) is 1. The topological polar surface area (TPSA) is 66.8 Å². The van der Waals surface area contributed by atoms with Crippen LogP contribution in [0.3, 0.4) is 0 Å². The van der Waals surface area contributed by atoms with Crippen molar-refractivity contribution in [2.24, 2.45) is 5.41 Å². The molecule has 1 aromatic rings. The molecule has 0 amide bonds. The average Bonchev–Trinajstić information content (AvgIpc) is 2.98. The Morgan fingerprint density at radius 2 is 1.93 bits per heavy atom. The van der Waals surface area contributed by atoms with E-state index in [1.54, 1.807) is 12.1 Å². The standard InChI is InChI=1S/C11H12O4/c12-8-1-3-9(4-2-8)15-7-11(5-6-11)10(13)14/h1-4,12H,5-7H2,(H,13,14). The molecule has 0 unspecified atom stereocenters. The molecule has 1 fully saturated rings. The van der Waals surface area contributed by atoms with Gasteiger partial charge < -0.3 is 14.9 Å². The molecule has 4 heteroatoms. The SMILES string of the molecule is O=C(O)C1(COc2ccc(O)cc2)CC1. The fourth-order valence-corrected chi connectivity index (χ4v) is 1.33. The van der Waals surface area contributed by atoms with Crippen molar-refractivity contribution in [2.45, 2.75) is 12.8 Å². The number of carboxylic acids is 1. The molecule has 4 nitrogen and oxygen atoms in total. The number of hydrogen-bond donors (Lipinski definition) is 2. The fraction of sp³-hybridized carbons (Fsp3) is 0.364. The van der Waals surface area contributed by atoms with Crippen LogP contribution in [0.4, 0.5) is 0 Å². The summed E-state index contributed by atoms with van der Waals surface area (Å²) in [6, 6.07) is 6.26. The summed E-state index contributed by atoms with van der Waals surface area (Å²) < 4.78 is 5.36. The van der Waals surface area contributed by atoms with Crippen molar-refractivity contribution >= 4 is 5.97 Å². The van der Waals surface area contributed by atoms with E-state index in [-0.39, 0.29) is 12.4 Å². The van der Waals surface area contributed by atoms with Crippen molar-refractivity contribution in [3.05, 3.63) is 24.3 Å². The number of phenols is 1. The lowest BCUT2D eigenvalue weighted by Gasteiger charge is -2.11. The van der Waals surface area contributed by atoms with Crippen LogP contribution in [-0.4, -0.2) is 22.8 Å². The van der Waals surface area contributed by atoms with Gasteiger partial charge in [0.05, 0.1) is 0 Å². The number of phenolic OH excluding ortho intramolecular Hbond substituents is 1. The molecule has 1 aromatic carbocycles. The molecule has 0 aliphatic heterocycles. The zero-order valence-corrected chi connectivity index (χ0v) is 8.14. The van der Waals surface area contributed by atoms with Crippen LogP contribution in [0.5, 0.6) is 11.5 Å². The van der Waals surface area contributed by atoms with Gasteiger partial charge >= 0.3 is 5.97 Å². The van der Waals surface area contributed by atoms with Gasteiger partial charge in [-0.05, 0) is 37.1 Å². The molecule has 0 radical (unpaired) electrons. The van der Waals surface area contributed by atoms with Gasteiger partial charge in [0.1, 0.15) is 23.5 Å². The molecule has 80 valence electrons. The second kappa shape index (κ2) is 3.46. The highest BCUT2D eigenvalue weighted by Gasteiger charge is 2.51. The first-order chi connectivity index (χ1) is 7.12. The van der Waals surface area contributed by atoms with Crippen LogP contribution in [0.1, 0.15) is 12.8 Å². The second-order valence-corrected chi connectivity index (χ2v) is 3.87. The van der Waals surface area contributed by atoms with E-state index in [0.29, 0.717) is 18.6 Å². The monoisotopic (exact) mass is 208 g/mol. The average molecular weight is 208 g/mol. The van der Waals surface area contributed by atoms with Crippen molar-refractivity contribution in [3.8, 4) is 11.5 Å². The summed E-state index contributed by atoms with van der Waals surface area (Å²) >= 11 is 0. The van der Waals surface area contributed by atoms with Crippen molar-refractivity contribution < 1.29 is 19.7 Å². The Hall–Kier alpha value is -1.71. The third-order valence-electron chi connectivity index (χ3n) is 2.66. The number of aliphatic carboxylic acids is 1. The minimum Gasteiger partial charge on any atom is -0.508 e. The highest BCUT2D eigenvalue weighted by molar-refractivity contribution is 5.77. The largest absolute Gasteiger partial charge is 0.508 e. The Kier molecular flexibility index (Phi) is 2.26. The summed E-state index contributed by atoms with van der Waals surface area (Å²) in [7, 11) is 0. The predicted octanol–water partition coefficient (Wildman–Crippen LogP) is 1.64. The quantitative estimate of drug-likeness (QED) is 0.789. The van der Waals surface area contributed by atoms with Crippen LogP contribution in [-0.2, 0) is 4.79 Å². The molecule has 0 saturated heterocycles. The number of benzene rings is 1. The number of hydrogen-bond acceptors (Lipinski definition) is 3. The van der Waals surface area contributed by atoms with E-state index in [2.05, 4.69) is 0 Å². The smallest absolute Gasteiger partial charge is 0.313 e. The molecule has 2 N–H and O–H groups in total. The highest BCUT2D eigenvalue weighted by atomic mass is 16.5. The van der Waals surface area contributed by atoms with Crippen LogP contribution in [0, 0.1) is 5.41 Å². The van der Waals surface area contributed by atoms with Crippen molar-refractivity contribution in [1.29, 1.82) is 0 Å². The summed E-state index contributed by atoms with van der Waals surface area (Å²) in [6.07, 6.45) is 1.36. The molecule has 0 bridgehead atoms. The molecule has 1 aliphatic rings. The number of rotatable bonds is 4. The van der Waals surface area contributed by atoms with Crippen LogP contribution in [0.2, 0.25) is 0 Å². The Morgan fingerprint density at radius 3 is 2.40 bits per heavy atom. The number of ether oxygens (including phenoxy) is 1. The van der Waals surface area contributed by atoms with Gasteiger partial charge in [-0.25, -0.2) is 0 Å². The van der Waals surface area contributed by atoms with E-state index >= 15 is 0 Å². The molecular formula is C11H12O4. The highest BCUT2D eigenvalue weighted by Crippen LogP contribution is 2.46. The zero-order valence-electron chi connectivity index (χ0n) is 8.14. The maximum Gasteiger partial charge on any atom is 0.313 e. The molecule has 0 aromatic heterocycles.